The van der Waals surface area contributed by atoms with Crippen LogP contribution in [0, 0.1) is 0 Å². The van der Waals surface area contributed by atoms with Gasteiger partial charge in [-0.15, -0.1) is 0 Å². The van der Waals surface area contributed by atoms with Crippen molar-refractivity contribution < 1.29 is 9.59 Å². The summed E-state index contributed by atoms with van der Waals surface area (Å²) in [4.78, 5) is 34.0. The largest absolute Gasteiger partial charge is 0.383 e. The number of hydrogen-bond acceptors (Lipinski definition) is 6. The van der Waals surface area contributed by atoms with Gasteiger partial charge in [0, 0.05) is 23.6 Å². The molecule has 0 spiro atoms. The Morgan fingerprint density at radius 2 is 2.04 bits per heavy atom. The SMILES string of the molecule is CCc1nc(SCC(=O)N2CCCC2=O)nc(N)c1-c1ccc(Cl)cc1. The summed E-state index contributed by atoms with van der Waals surface area (Å²) >= 11 is 7.15. The Balaban J connectivity index is 1.79. The summed E-state index contributed by atoms with van der Waals surface area (Å²) in [5.74, 6) is 0.170. The van der Waals surface area contributed by atoms with Crippen LogP contribution in [0.1, 0.15) is 25.5 Å². The fourth-order valence-corrected chi connectivity index (χ4v) is 3.74. The van der Waals surface area contributed by atoms with E-state index in [1.165, 1.54) is 16.7 Å². The topological polar surface area (TPSA) is 89.2 Å². The molecule has 6 nitrogen and oxygen atoms in total. The van der Waals surface area contributed by atoms with Gasteiger partial charge in [-0.1, -0.05) is 42.4 Å². The van der Waals surface area contributed by atoms with E-state index in [-0.39, 0.29) is 17.6 Å². The number of carbonyl (C=O) groups excluding carboxylic acids is 2. The van der Waals surface area contributed by atoms with Crippen molar-refractivity contribution in [1.82, 2.24) is 14.9 Å². The maximum atomic E-state index is 12.2. The van der Waals surface area contributed by atoms with E-state index in [1.54, 1.807) is 12.1 Å². The molecule has 0 radical (unpaired) electrons. The number of rotatable bonds is 5. The minimum absolute atomic E-state index is 0.108. The van der Waals surface area contributed by atoms with Crippen LogP contribution in [0.5, 0.6) is 0 Å². The van der Waals surface area contributed by atoms with Crippen molar-refractivity contribution in [3.05, 3.63) is 35.0 Å². The monoisotopic (exact) mass is 390 g/mol. The second kappa shape index (κ2) is 8.05. The third kappa shape index (κ3) is 3.99. The highest BCUT2D eigenvalue weighted by atomic mass is 35.5. The summed E-state index contributed by atoms with van der Waals surface area (Å²) in [6.07, 6.45) is 1.85. The van der Waals surface area contributed by atoms with Gasteiger partial charge >= 0.3 is 0 Å². The maximum Gasteiger partial charge on any atom is 0.239 e. The average Bonchev–Trinajstić information content (AvgIpc) is 3.06. The number of aromatic nitrogens is 2. The van der Waals surface area contributed by atoms with Crippen LogP contribution in [0.25, 0.3) is 11.1 Å². The number of imide groups is 1. The van der Waals surface area contributed by atoms with Crippen LogP contribution < -0.4 is 5.73 Å². The molecule has 2 aromatic rings. The summed E-state index contributed by atoms with van der Waals surface area (Å²) in [5.41, 5.74) is 8.67. The van der Waals surface area contributed by atoms with Gasteiger partial charge in [-0.05, 0) is 30.5 Å². The van der Waals surface area contributed by atoms with Crippen molar-refractivity contribution in [2.45, 2.75) is 31.3 Å². The highest BCUT2D eigenvalue weighted by molar-refractivity contribution is 7.99. The highest BCUT2D eigenvalue weighted by Crippen LogP contribution is 2.31. The van der Waals surface area contributed by atoms with Crippen molar-refractivity contribution >= 4 is 41.0 Å². The zero-order chi connectivity index (χ0) is 18.7. The molecule has 0 bridgehead atoms. The third-order valence-electron chi connectivity index (χ3n) is 4.16. The maximum absolute atomic E-state index is 12.2. The summed E-state index contributed by atoms with van der Waals surface area (Å²) in [6, 6.07) is 7.35. The van der Waals surface area contributed by atoms with Gasteiger partial charge in [-0.2, -0.15) is 0 Å². The molecule has 1 aliphatic heterocycles. The molecule has 1 aromatic heterocycles. The van der Waals surface area contributed by atoms with E-state index < -0.39 is 0 Å². The lowest BCUT2D eigenvalue weighted by Crippen LogP contribution is -2.33. The zero-order valence-corrected chi connectivity index (χ0v) is 15.9. The summed E-state index contributed by atoms with van der Waals surface area (Å²) in [6.45, 7) is 2.49. The van der Waals surface area contributed by atoms with Gasteiger partial charge in [-0.3, -0.25) is 14.5 Å². The number of carbonyl (C=O) groups is 2. The molecule has 2 amide bonds. The summed E-state index contributed by atoms with van der Waals surface area (Å²) < 4.78 is 0. The minimum Gasteiger partial charge on any atom is -0.383 e. The molecule has 1 fully saturated rings. The molecule has 1 aliphatic rings. The molecule has 1 saturated heterocycles. The lowest BCUT2D eigenvalue weighted by atomic mass is 10.0. The van der Waals surface area contributed by atoms with E-state index in [0.717, 1.165) is 23.2 Å². The van der Waals surface area contributed by atoms with Crippen molar-refractivity contribution in [2.24, 2.45) is 0 Å². The quantitative estimate of drug-likeness (QED) is 0.623. The van der Waals surface area contributed by atoms with Crippen LogP contribution in [0.15, 0.2) is 29.4 Å². The molecule has 8 heteroatoms. The molecule has 2 N–H and O–H groups in total. The Kier molecular flexibility index (Phi) is 5.78. The fourth-order valence-electron chi connectivity index (χ4n) is 2.87. The summed E-state index contributed by atoms with van der Waals surface area (Å²) in [5, 5.41) is 1.09. The number of nitrogen functional groups attached to an aromatic ring is 1. The Morgan fingerprint density at radius 1 is 1.31 bits per heavy atom. The van der Waals surface area contributed by atoms with Gasteiger partial charge in [0.1, 0.15) is 5.82 Å². The fraction of sp³-hybridized carbons (Fsp3) is 0.333. The molecular formula is C18H19ClN4O2S. The van der Waals surface area contributed by atoms with E-state index in [2.05, 4.69) is 9.97 Å². The van der Waals surface area contributed by atoms with Crippen molar-refractivity contribution in [1.29, 1.82) is 0 Å². The van der Waals surface area contributed by atoms with Crippen molar-refractivity contribution in [3.63, 3.8) is 0 Å². The highest BCUT2D eigenvalue weighted by Gasteiger charge is 2.26. The smallest absolute Gasteiger partial charge is 0.239 e. The van der Waals surface area contributed by atoms with Gasteiger partial charge in [0.15, 0.2) is 5.16 Å². The van der Waals surface area contributed by atoms with E-state index >= 15 is 0 Å². The van der Waals surface area contributed by atoms with Crippen molar-refractivity contribution in [3.8, 4) is 11.1 Å². The van der Waals surface area contributed by atoms with Crippen molar-refractivity contribution in [2.75, 3.05) is 18.0 Å². The van der Waals surface area contributed by atoms with Gasteiger partial charge in [0.2, 0.25) is 11.8 Å². The second-order valence-corrected chi connectivity index (χ2v) is 7.28. The Bertz CT molecular complexity index is 842. The van der Waals surface area contributed by atoms with Gasteiger partial charge in [0.05, 0.1) is 11.4 Å². The third-order valence-corrected chi connectivity index (χ3v) is 5.24. The number of nitrogens with two attached hydrogens (primary N) is 1. The zero-order valence-electron chi connectivity index (χ0n) is 14.4. The van der Waals surface area contributed by atoms with Crippen LogP contribution >= 0.6 is 23.4 Å². The first-order chi connectivity index (χ1) is 12.5. The Morgan fingerprint density at radius 3 is 2.65 bits per heavy atom. The second-order valence-electron chi connectivity index (χ2n) is 5.90. The van der Waals surface area contributed by atoms with Gasteiger partial charge in [-0.25, -0.2) is 9.97 Å². The molecule has 2 heterocycles. The van der Waals surface area contributed by atoms with E-state index in [4.69, 9.17) is 17.3 Å². The molecule has 26 heavy (non-hydrogen) atoms. The average molecular weight is 391 g/mol. The Hall–Kier alpha value is -2.12. The van der Waals surface area contributed by atoms with Gasteiger partial charge < -0.3 is 5.73 Å². The number of thioether (sulfide) groups is 1. The first kappa shape index (κ1) is 18.7. The molecule has 136 valence electrons. The number of nitrogens with zero attached hydrogens (tertiary/aromatic N) is 3. The van der Waals surface area contributed by atoms with Crippen LogP contribution in [0.2, 0.25) is 5.02 Å². The molecule has 0 atom stereocenters. The van der Waals surface area contributed by atoms with Gasteiger partial charge in [0.25, 0.3) is 0 Å². The Labute approximate surface area is 161 Å². The lowest BCUT2D eigenvalue weighted by Gasteiger charge is -2.14. The van der Waals surface area contributed by atoms with E-state index in [1.807, 2.05) is 19.1 Å². The number of amides is 2. The van der Waals surface area contributed by atoms with Crippen LogP contribution in [-0.4, -0.2) is 39.0 Å². The number of halogens is 1. The minimum atomic E-state index is -0.209. The van der Waals surface area contributed by atoms with Crippen LogP contribution in [-0.2, 0) is 16.0 Å². The van der Waals surface area contributed by atoms with E-state index in [9.17, 15) is 9.59 Å². The number of likely N-dealkylation sites (tertiary alicyclic amines) is 1. The predicted molar refractivity (Wildman–Crippen MR) is 103 cm³/mol. The number of anilines is 1. The molecular weight excluding hydrogens is 372 g/mol. The first-order valence-corrected chi connectivity index (χ1v) is 9.74. The molecule has 0 saturated carbocycles. The molecule has 0 unspecified atom stereocenters. The molecule has 0 aliphatic carbocycles. The predicted octanol–water partition coefficient (Wildman–Crippen LogP) is 3.18. The standard InChI is InChI=1S/C18H19ClN4O2S/c1-2-13-16(11-5-7-12(19)8-6-11)17(20)22-18(21-13)26-10-15(25)23-9-3-4-14(23)24/h5-8H,2-4,9-10H2,1H3,(H2,20,21,22). The number of aryl methyl sites for hydroxylation is 1. The number of benzene rings is 1. The molecule has 1 aromatic carbocycles. The van der Waals surface area contributed by atoms with Crippen LogP contribution in [0.3, 0.4) is 0 Å². The normalized spacial score (nSPS) is 14.1. The lowest BCUT2D eigenvalue weighted by molar-refractivity contribution is -0.140. The van der Waals surface area contributed by atoms with E-state index in [0.29, 0.717) is 35.4 Å². The van der Waals surface area contributed by atoms with Crippen LogP contribution in [0.4, 0.5) is 5.82 Å². The summed E-state index contributed by atoms with van der Waals surface area (Å²) in [7, 11) is 0. The first-order valence-electron chi connectivity index (χ1n) is 8.38. The molecule has 3 rings (SSSR count). The number of hydrogen-bond donors (Lipinski definition) is 1.